The molecule has 1 aromatic rings. The summed E-state index contributed by atoms with van der Waals surface area (Å²) in [5.41, 5.74) is -1.01. The maximum absolute atomic E-state index is 12.0. The zero-order valence-corrected chi connectivity index (χ0v) is 14.4. The maximum Gasteiger partial charge on any atom is 0.311 e. The second-order valence-electron chi connectivity index (χ2n) is 6.69. The number of nitro benzene ring substituents is 2. The molecule has 25 heavy (non-hydrogen) atoms. The number of benzene rings is 1. The fourth-order valence-corrected chi connectivity index (χ4v) is 3.25. The van der Waals surface area contributed by atoms with Gasteiger partial charge in [0.15, 0.2) is 0 Å². The van der Waals surface area contributed by atoms with Gasteiger partial charge >= 0.3 is 5.97 Å². The molecule has 9 nitrogen and oxygen atoms in total. The van der Waals surface area contributed by atoms with Gasteiger partial charge in [-0.05, 0) is 38.7 Å². The van der Waals surface area contributed by atoms with Crippen LogP contribution in [0.2, 0.25) is 0 Å². The Morgan fingerprint density at radius 1 is 1.28 bits per heavy atom. The summed E-state index contributed by atoms with van der Waals surface area (Å²) in [6.45, 7) is 4.64. The zero-order valence-electron chi connectivity index (χ0n) is 14.4. The van der Waals surface area contributed by atoms with Crippen molar-refractivity contribution in [3.8, 4) is 0 Å². The van der Waals surface area contributed by atoms with Crippen LogP contribution in [0.4, 0.5) is 17.1 Å². The number of rotatable bonds is 5. The highest BCUT2D eigenvalue weighted by molar-refractivity contribution is 5.76. The number of hydrogen-bond donors (Lipinski definition) is 0. The van der Waals surface area contributed by atoms with Crippen LogP contribution < -0.4 is 4.90 Å². The van der Waals surface area contributed by atoms with E-state index in [-0.39, 0.29) is 23.3 Å². The van der Waals surface area contributed by atoms with E-state index >= 15 is 0 Å². The second kappa shape index (κ2) is 7.04. The summed E-state index contributed by atoms with van der Waals surface area (Å²) in [7, 11) is 1.34. The minimum atomic E-state index is -0.719. The van der Waals surface area contributed by atoms with E-state index in [9.17, 15) is 25.0 Å². The summed E-state index contributed by atoms with van der Waals surface area (Å²) in [6.07, 6.45) is 1.57. The Labute approximate surface area is 144 Å². The van der Waals surface area contributed by atoms with E-state index in [0.29, 0.717) is 18.8 Å². The Kier molecular flexibility index (Phi) is 5.24. The Hall–Kier alpha value is -2.71. The lowest BCUT2D eigenvalue weighted by molar-refractivity contribution is -0.393. The molecule has 0 bridgehead atoms. The molecule has 1 aromatic carbocycles. The summed E-state index contributed by atoms with van der Waals surface area (Å²) in [6, 6.07) is 3.64. The molecular formula is C16H21N3O6. The quantitative estimate of drug-likeness (QED) is 0.455. The molecule has 0 aromatic heterocycles. The van der Waals surface area contributed by atoms with Gasteiger partial charge in [-0.1, -0.05) is 0 Å². The predicted molar refractivity (Wildman–Crippen MR) is 90.5 cm³/mol. The molecule has 1 saturated heterocycles. The normalized spacial score (nSPS) is 17.9. The Balaban J connectivity index is 2.34. The van der Waals surface area contributed by atoms with Gasteiger partial charge in [0.2, 0.25) is 0 Å². The van der Waals surface area contributed by atoms with Crippen molar-refractivity contribution in [3.05, 3.63) is 38.4 Å². The third-order valence-electron chi connectivity index (χ3n) is 4.86. The number of carbonyl (C=O) groups excluding carboxylic acids is 1. The number of non-ortho nitro benzene ring substituents is 1. The smallest absolute Gasteiger partial charge is 0.311 e. The molecule has 1 aliphatic rings. The first-order valence-corrected chi connectivity index (χ1v) is 7.94. The standard InChI is InChI=1S/C16H21N3O6/c1-16(2,15(20)25-3)11-5-4-8-17(10-11)13-7-6-12(18(21)22)9-14(13)19(23)24/h6-7,9,11H,4-5,8,10H2,1-3H3. The van der Waals surface area contributed by atoms with Gasteiger partial charge in [-0.25, -0.2) is 0 Å². The Morgan fingerprint density at radius 2 is 1.96 bits per heavy atom. The van der Waals surface area contributed by atoms with Crippen LogP contribution >= 0.6 is 0 Å². The van der Waals surface area contributed by atoms with Crippen LogP contribution in [-0.2, 0) is 9.53 Å². The lowest BCUT2D eigenvalue weighted by Gasteiger charge is -2.40. The summed E-state index contributed by atoms with van der Waals surface area (Å²) in [4.78, 5) is 34.8. The van der Waals surface area contributed by atoms with Gasteiger partial charge in [-0.3, -0.25) is 25.0 Å². The van der Waals surface area contributed by atoms with Crippen LogP contribution in [0.25, 0.3) is 0 Å². The highest BCUT2D eigenvalue weighted by Crippen LogP contribution is 2.39. The first kappa shape index (κ1) is 18.6. The molecular weight excluding hydrogens is 330 g/mol. The number of hydrogen-bond acceptors (Lipinski definition) is 7. The monoisotopic (exact) mass is 351 g/mol. The number of carbonyl (C=O) groups is 1. The Morgan fingerprint density at radius 3 is 2.52 bits per heavy atom. The van der Waals surface area contributed by atoms with Crippen molar-refractivity contribution in [2.75, 3.05) is 25.1 Å². The first-order valence-electron chi connectivity index (χ1n) is 7.94. The highest BCUT2D eigenvalue weighted by Gasteiger charge is 2.41. The topological polar surface area (TPSA) is 116 Å². The van der Waals surface area contributed by atoms with Crippen molar-refractivity contribution in [1.29, 1.82) is 0 Å². The van der Waals surface area contributed by atoms with E-state index in [4.69, 9.17) is 4.74 Å². The lowest BCUT2D eigenvalue weighted by Crippen LogP contribution is -2.45. The number of ether oxygens (including phenoxy) is 1. The van der Waals surface area contributed by atoms with Crippen LogP contribution in [0.1, 0.15) is 26.7 Å². The fraction of sp³-hybridized carbons (Fsp3) is 0.562. The summed E-state index contributed by atoms with van der Waals surface area (Å²) >= 11 is 0. The third kappa shape index (κ3) is 3.70. The molecule has 1 fully saturated rings. The van der Waals surface area contributed by atoms with E-state index < -0.39 is 15.3 Å². The molecule has 0 spiro atoms. The van der Waals surface area contributed by atoms with Crippen molar-refractivity contribution >= 4 is 23.0 Å². The summed E-state index contributed by atoms with van der Waals surface area (Å²) in [5, 5.41) is 22.2. The number of esters is 1. The number of nitro groups is 2. The average Bonchev–Trinajstić information content (AvgIpc) is 2.60. The number of methoxy groups -OCH3 is 1. The molecule has 0 amide bonds. The molecule has 0 radical (unpaired) electrons. The molecule has 1 heterocycles. The van der Waals surface area contributed by atoms with Crippen molar-refractivity contribution in [1.82, 2.24) is 0 Å². The summed E-state index contributed by atoms with van der Waals surface area (Å²) in [5.74, 6) is -0.360. The van der Waals surface area contributed by atoms with E-state index in [0.717, 1.165) is 18.9 Å². The van der Waals surface area contributed by atoms with E-state index in [1.807, 2.05) is 4.90 Å². The van der Waals surface area contributed by atoms with Crippen LogP contribution in [-0.4, -0.2) is 36.0 Å². The van der Waals surface area contributed by atoms with E-state index in [1.54, 1.807) is 13.8 Å². The SMILES string of the molecule is COC(=O)C(C)(C)C1CCCN(c2ccc([N+](=O)[O-])cc2[N+](=O)[O-])C1. The fourth-order valence-electron chi connectivity index (χ4n) is 3.25. The molecule has 1 atom stereocenters. The van der Waals surface area contributed by atoms with Crippen molar-refractivity contribution in [2.24, 2.45) is 11.3 Å². The van der Waals surface area contributed by atoms with Gasteiger partial charge in [0.25, 0.3) is 11.4 Å². The third-order valence-corrected chi connectivity index (χ3v) is 4.86. The minimum absolute atomic E-state index is 0.0384. The molecule has 2 rings (SSSR count). The van der Waals surface area contributed by atoms with Crippen LogP contribution in [0.15, 0.2) is 18.2 Å². The van der Waals surface area contributed by atoms with E-state index in [1.165, 1.54) is 19.2 Å². The largest absolute Gasteiger partial charge is 0.469 e. The van der Waals surface area contributed by atoms with Crippen molar-refractivity contribution in [3.63, 3.8) is 0 Å². The highest BCUT2D eigenvalue weighted by atomic mass is 16.6. The van der Waals surface area contributed by atoms with Crippen LogP contribution in [0.3, 0.4) is 0 Å². The molecule has 0 aliphatic carbocycles. The van der Waals surface area contributed by atoms with E-state index in [2.05, 4.69) is 0 Å². The minimum Gasteiger partial charge on any atom is -0.469 e. The maximum atomic E-state index is 12.0. The number of anilines is 1. The van der Waals surface area contributed by atoms with Gasteiger partial charge in [0.1, 0.15) is 5.69 Å². The average molecular weight is 351 g/mol. The van der Waals surface area contributed by atoms with Gasteiger partial charge < -0.3 is 9.64 Å². The predicted octanol–water partition coefficient (Wildman–Crippen LogP) is 2.92. The lowest BCUT2D eigenvalue weighted by atomic mass is 9.74. The molecule has 136 valence electrons. The Bertz CT molecular complexity index is 703. The van der Waals surface area contributed by atoms with Gasteiger partial charge in [-0.15, -0.1) is 0 Å². The molecule has 0 N–H and O–H groups in total. The van der Waals surface area contributed by atoms with Gasteiger partial charge in [-0.2, -0.15) is 0 Å². The van der Waals surface area contributed by atoms with Gasteiger partial charge in [0, 0.05) is 19.2 Å². The number of piperidine rings is 1. The molecule has 1 unspecified atom stereocenters. The van der Waals surface area contributed by atoms with Gasteiger partial charge in [0.05, 0.1) is 28.4 Å². The number of nitrogens with zero attached hydrogens (tertiary/aromatic N) is 3. The van der Waals surface area contributed by atoms with Crippen LogP contribution in [0, 0.1) is 31.6 Å². The summed E-state index contributed by atoms with van der Waals surface area (Å²) < 4.78 is 4.87. The molecule has 9 heteroatoms. The van der Waals surface area contributed by atoms with Crippen molar-refractivity contribution < 1.29 is 19.4 Å². The zero-order chi connectivity index (χ0) is 18.8. The van der Waals surface area contributed by atoms with Crippen molar-refractivity contribution in [2.45, 2.75) is 26.7 Å². The second-order valence-corrected chi connectivity index (χ2v) is 6.69. The molecule has 0 saturated carbocycles. The van der Waals surface area contributed by atoms with Crippen LogP contribution in [0.5, 0.6) is 0 Å². The molecule has 1 aliphatic heterocycles. The first-order chi connectivity index (χ1) is 11.7.